The van der Waals surface area contributed by atoms with Gasteiger partial charge in [-0.1, -0.05) is 20.8 Å². The van der Waals surface area contributed by atoms with Crippen molar-refractivity contribution >= 4 is 5.91 Å². The van der Waals surface area contributed by atoms with Crippen LogP contribution in [-0.2, 0) is 23.7 Å². The van der Waals surface area contributed by atoms with Gasteiger partial charge >= 0.3 is 0 Å². The van der Waals surface area contributed by atoms with E-state index in [2.05, 4.69) is 26.1 Å². The zero-order valence-electron chi connectivity index (χ0n) is 20.3. The molecule has 2 unspecified atom stereocenters. The minimum atomic E-state index is -0.458. The van der Waals surface area contributed by atoms with E-state index in [0.29, 0.717) is 42.8 Å². The zero-order valence-corrected chi connectivity index (χ0v) is 20.3. The number of hydrogen-bond acceptors (Lipinski definition) is 5. The van der Waals surface area contributed by atoms with Gasteiger partial charge in [-0.2, -0.15) is 0 Å². The summed E-state index contributed by atoms with van der Waals surface area (Å²) in [5, 5.41) is 3.40. The lowest BCUT2D eigenvalue weighted by molar-refractivity contribution is -0.274. The molecule has 1 amide bonds. The summed E-state index contributed by atoms with van der Waals surface area (Å²) < 4.78 is 25.2. The molecule has 4 aliphatic carbocycles. The lowest BCUT2D eigenvalue weighted by Gasteiger charge is -2.65. The molecule has 2 spiro atoms. The van der Waals surface area contributed by atoms with E-state index < -0.39 is 5.79 Å². The van der Waals surface area contributed by atoms with Crippen LogP contribution < -0.4 is 5.32 Å². The highest BCUT2D eigenvalue weighted by molar-refractivity contribution is 5.73. The van der Waals surface area contributed by atoms with Crippen LogP contribution in [0.15, 0.2) is 0 Å². The third-order valence-corrected chi connectivity index (χ3v) is 11.1. The van der Waals surface area contributed by atoms with Crippen molar-refractivity contribution in [2.24, 2.45) is 40.4 Å². The van der Waals surface area contributed by atoms with Crippen LogP contribution in [0.1, 0.15) is 72.6 Å². The SMILES string of the molecule is CC(=O)N[C@H]1C[C@@H]2[C@H](CC[C@@]3(C)[C@H]2CCC32OCCO2)[C@@]2(C)CC(C)C3(CC12)OCCO3. The van der Waals surface area contributed by atoms with Gasteiger partial charge in [-0.3, -0.25) is 4.79 Å². The maximum Gasteiger partial charge on any atom is 0.217 e. The summed E-state index contributed by atoms with van der Waals surface area (Å²) in [6.07, 6.45) is 7.67. The number of amides is 1. The van der Waals surface area contributed by atoms with Gasteiger partial charge in [-0.15, -0.1) is 0 Å². The molecule has 180 valence electrons. The molecule has 0 bridgehead atoms. The summed E-state index contributed by atoms with van der Waals surface area (Å²) in [6, 6.07) is 0.181. The lowest BCUT2D eigenvalue weighted by atomic mass is 9.42. The first-order valence-electron chi connectivity index (χ1n) is 13.1. The molecule has 0 aromatic rings. The zero-order chi connectivity index (χ0) is 22.4. The molecule has 6 rings (SSSR count). The Kier molecular flexibility index (Phi) is 4.88. The Labute approximate surface area is 192 Å². The van der Waals surface area contributed by atoms with E-state index in [-0.39, 0.29) is 28.6 Å². The third kappa shape index (κ3) is 2.76. The summed E-state index contributed by atoms with van der Waals surface area (Å²) >= 11 is 0. The first-order chi connectivity index (χ1) is 15.2. The van der Waals surface area contributed by atoms with Crippen molar-refractivity contribution in [2.75, 3.05) is 26.4 Å². The number of nitrogens with one attached hydrogen (secondary N) is 1. The van der Waals surface area contributed by atoms with E-state index >= 15 is 0 Å². The van der Waals surface area contributed by atoms with E-state index in [9.17, 15) is 4.79 Å². The molecule has 2 heterocycles. The predicted molar refractivity (Wildman–Crippen MR) is 119 cm³/mol. The Hall–Kier alpha value is -0.690. The molecular weight excluding hydrogens is 406 g/mol. The quantitative estimate of drug-likeness (QED) is 0.661. The molecule has 8 atom stereocenters. The van der Waals surface area contributed by atoms with E-state index in [1.165, 1.54) is 19.3 Å². The largest absolute Gasteiger partial charge is 0.353 e. The average molecular weight is 448 g/mol. The summed E-state index contributed by atoms with van der Waals surface area (Å²) in [7, 11) is 0. The first kappa shape index (κ1) is 21.8. The van der Waals surface area contributed by atoms with Crippen molar-refractivity contribution in [3.8, 4) is 0 Å². The van der Waals surface area contributed by atoms with Gasteiger partial charge in [-0.05, 0) is 61.2 Å². The van der Waals surface area contributed by atoms with Crippen molar-refractivity contribution in [2.45, 2.75) is 90.3 Å². The standard InChI is InChI=1S/C26H41NO5/c1-16-14-23(3)19-5-7-24(4)20(6-8-26(24)31-11-12-32-26)18(19)13-22(27-17(2)28)21(23)15-25(16)29-9-10-30-25/h16,18-22H,5-15H2,1-4H3,(H,27,28)/t16?,18-,19+,20+,21?,22+,23-,24+/m1/s1. The first-order valence-corrected chi connectivity index (χ1v) is 13.1. The van der Waals surface area contributed by atoms with Crippen LogP contribution in [-0.4, -0.2) is 50.0 Å². The number of fused-ring (bicyclic) bond motifs is 6. The second kappa shape index (κ2) is 7.16. The number of hydrogen-bond donors (Lipinski definition) is 1. The third-order valence-electron chi connectivity index (χ3n) is 11.1. The van der Waals surface area contributed by atoms with Crippen molar-refractivity contribution in [3.63, 3.8) is 0 Å². The molecule has 2 aliphatic heterocycles. The van der Waals surface area contributed by atoms with Gasteiger partial charge in [0.15, 0.2) is 11.6 Å². The van der Waals surface area contributed by atoms with Crippen LogP contribution in [0.5, 0.6) is 0 Å². The molecule has 2 saturated heterocycles. The number of carbonyl (C=O) groups excluding carboxylic acids is 1. The monoisotopic (exact) mass is 447 g/mol. The highest BCUT2D eigenvalue weighted by Crippen LogP contribution is 2.70. The smallest absolute Gasteiger partial charge is 0.217 e. The molecule has 32 heavy (non-hydrogen) atoms. The van der Waals surface area contributed by atoms with Crippen molar-refractivity contribution in [1.82, 2.24) is 5.32 Å². The molecule has 0 aromatic carbocycles. The fraction of sp³-hybridized carbons (Fsp3) is 0.962. The second-order valence-electron chi connectivity index (χ2n) is 12.3. The Balaban J connectivity index is 1.36. The van der Waals surface area contributed by atoms with Gasteiger partial charge in [0.1, 0.15) is 0 Å². The maximum absolute atomic E-state index is 12.3. The molecule has 6 fully saturated rings. The Morgan fingerprint density at radius 2 is 1.53 bits per heavy atom. The van der Waals surface area contributed by atoms with Crippen molar-refractivity contribution in [1.29, 1.82) is 0 Å². The van der Waals surface area contributed by atoms with Crippen molar-refractivity contribution < 1.29 is 23.7 Å². The highest BCUT2D eigenvalue weighted by atomic mass is 16.7. The summed E-state index contributed by atoms with van der Waals surface area (Å²) in [5.41, 5.74) is 0.262. The molecule has 4 saturated carbocycles. The second-order valence-corrected chi connectivity index (χ2v) is 12.3. The van der Waals surface area contributed by atoms with Crippen LogP contribution in [0.25, 0.3) is 0 Å². The number of ether oxygens (including phenoxy) is 4. The van der Waals surface area contributed by atoms with E-state index in [0.717, 1.165) is 38.9 Å². The molecule has 0 radical (unpaired) electrons. The van der Waals surface area contributed by atoms with Crippen molar-refractivity contribution in [3.05, 3.63) is 0 Å². The van der Waals surface area contributed by atoms with Crippen LogP contribution >= 0.6 is 0 Å². The molecule has 0 aromatic heterocycles. The fourth-order valence-electron chi connectivity index (χ4n) is 9.81. The minimum Gasteiger partial charge on any atom is -0.353 e. The number of rotatable bonds is 1. The highest BCUT2D eigenvalue weighted by Gasteiger charge is 2.69. The fourth-order valence-corrected chi connectivity index (χ4v) is 9.81. The topological polar surface area (TPSA) is 66.0 Å². The lowest BCUT2D eigenvalue weighted by Crippen LogP contribution is -2.65. The minimum absolute atomic E-state index is 0.0772. The Bertz CT molecular complexity index is 774. The van der Waals surface area contributed by atoms with E-state index in [1.807, 2.05) is 0 Å². The molecule has 6 heteroatoms. The van der Waals surface area contributed by atoms with Crippen LogP contribution in [0.2, 0.25) is 0 Å². The van der Waals surface area contributed by atoms with E-state index in [1.54, 1.807) is 6.92 Å². The molecule has 6 nitrogen and oxygen atoms in total. The Morgan fingerprint density at radius 3 is 2.22 bits per heavy atom. The van der Waals surface area contributed by atoms with Crippen LogP contribution in [0.3, 0.4) is 0 Å². The predicted octanol–water partition coefficient (Wildman–Crippen LogP) is 3.88. The van der Waals surface area contributed by atoms with Crippen LogP contribution in [0.4, 0.5) is 0 Å². The molecule has 1 N–H and O–H groups in total. The van der Waals surface area contributed by atoms with Gasteiger partial charge in [-0.25, -0.2) is 0 Å². The van der Waals surface area contributed by atoms with Gasteiger partial charge < -0.3 is 24.3 Å². The van der Waals surface area contributed by atoms with Gasteiger partial charge in [0.25, 0.3) is 0 Å². The normalized spacial score (nSPS) is 50.8. The maximum atomic E-state index is 12.3. The van der Waals surface area contributed by atoms with Gasteiger partial charge in [0.05, 0.1) is 26.4 Å². The summed E-state index contributed by atoms with van der Waals surface area (Å²) in [4.78, 5) is 12.3. The van der Waals surface area contributed by atoms with E-state index in [4.69, 9.17) is 18.9 Å². The Morgan fingerprint density at radius 1 is 0.875 bits per heavy atom. The van der Waals surface area contributed by atoms with Crippen LogP contribution in [0, 0.1) is 40.4 Å². The summed E-state index contributed by atoms with van der Waals surface area (Å²) in [5.74, 6) is 1.88. The molecular formula is C26H41NO5. The summed E-state index contributed by atoms with van der Waals surface area (Å²) in [6.45, 7) is 11.8. The molecule has 6 aliphatic rings. The van der Waals surface area contributed by atoms with Gasteiger partial charge in [0, 0.05) is 37.1 Å². The van der Waals surface area contributed by atoms with Gasteiger partial charge in [0.2, 0.25) is 5.91 Å². The average Bonchev–Trinajstić information content (AvgIpc) is 3.46. The number of carbonyl (C=O) groups is 1.